The molecule has 4 rings (SSSR count). The Morgan fingerprint density at radius 3 is 2.90 bits per heavy atom. The lowest BCUT2D eigenvalue weighted by molar-refractivity contribution is 0.244. The maximum Gasteiger partial charge on any atom is 0.0770 e. The van der Waals surface area contributed by atoms with Crippen molar-refractivity contribution < 1.29 is 0 Å². The first kappa shape index (κ1) is 12.9. The van der Waals surface area contributed by atoms with Crippen LogP contribution in [0.1, 0.15) is 24.0 Å². The van der Waals surface area contributed by atoms with Gasteiger partial charge in [0.1, 0.15) is 0 Å². The van der Waals surface area contributed by atoms with Crippen molar-refractivity contribution in [2.45, 2.75) is 25.8 Å². The average molecular weight is 282 g/mol. The van der Waals surface area contributed by atoms with Gasteiger partial charge in [-0.3, -0.25) is 9.58 Å². The van der Waals surface area contributed by atoms with Crippen LogP contribution in [0.5, 0.6) is 0 Å². The van der Waals surface area contributed by atoms with Crippen molar-refractivity contribution in [1.82, 2.24) is 14.7 Å². The number of nitrogens with zero attached hydrogens (tertiary/aromatic N) is 3. The molecule has 1 aromatic carbocycles. The molecule has 110 valence electrons. The average Bonchev–Trinajstić information content (AvgIpc) is 3.20. The Balaban J connectivity index is 1.49. The van der Waals surface area contributed by atoms with Crippen molar-refractivity contribution >= 4 is 11.4 Å². The summed E-state index contributed by atoms with van der Waals surface area (Å²) in [5.74, 6) is 0.975. The molecule has 1 aromatic heterocycles. The molecule has 0 spiro atoms. The maximum absolute atomic E-state index is 4.20. The van der Waals surface area contributed by atoms with Gasteiger partial charge in [-0.1, -0.05) is 6.07 Å². The summed E-state index contributed by atoms with van der Waals surface area (Å²) in [6.45, 7) is 3.62. The summed E-state index contributed by atoms with van der Waals surface area (Å²) >= 11 is 0. The molecule has 0 amide bonds. The number of aryl methyl sites for hydroxylation is 1. The minimum atomic E-state index is 0.975. The van der Waals surface area contributed by atoms with Crippen LogP contribution in [-0.2, 0) is 20.0 Å². The Labute approximate surface area is 125 Å². The summed E-state index contributed by atoms with van der Waals surface area (Å²) in [6.07, 6.45) is 7.92. The zero-order chi connectivity index (χ0) is 14.2. The van der Waals surface area contributed by atoms with Crippen LogP contribution in [-0.4, -0.2) is 27.8 Å². The fourth-order valence-corrected chi connectivity index (χ4v) is 3.17. The predicted molar refractivity (Wildman–Crippen MR) is 84.6 cm³/mol. The number of rotatable bonds is 4. The number of hydrogen-bond acceptors (Lipinski definition) is 3. The molecule has 0 atom stereocenters. The molecular weight excluding hydrogens is 260 g/mol. The van der Waals surface area contributed by atoms with E-state index in [-0.39, 0.29) is 0 Å². The molecular formula is C17H22N4. The van der Waals surface area contributed by atoms with Gasteiger partial charge in [-0.05, 0) is 48.4 Å². The molecule has 2 aliphatic rings. The van der Waals surface area contributed by atoms with Gasteiger partial charge in [-0.2, -0.15) is 5.10 Å². The quantitative estimate of drug-likeness (QED) is 0.936. The van der Waals surface area contributed by atoms with E-state index in [4.69, 9.17) is 0 Å². The summed E-state index contributed by atoms with van der Waals surface area (Å²) in [6, 6.07) is 6.77. The molecule has 4 heteroatoms. The molecule has 2 heterocycles. The third-order valence-electron chi connectivity index (χ3n) is 4.50. The van der Waals surface area contributed by atoms with Crippen molar-refractivity contribution in [2.75, 3.05) is 18.4 Å². The highest BCUT2D eigenvalue weighted by Gasteiger charge is 2.26. The smallest absolute Gasteiger partial charge is 0.0770 e. The molecule has 0 saturated heterocycles. The largest absolute Gasteiger partial charge is 0.353 e. The number of nitrogens with one attached hydrogen (secondary N) is 1. The number of anilines is 2. The number of aromatic nitrogens is 2. The van der Waals surface area contributed by atoms with E-state index >= 15 is 0 Å². The van der Waals surface area contributed by atoms with Gasteiger partial charge in [-0.15, -0.1) is 0 Å². The summed E-state index contributed by atoms with van der Waals surface area (Å²) in [5, 5.41) is 7.64. The molecule has 1 saturated carbocycles. The SMILES string of the molecule is Cn1cc(Nc2ccc3c(c2)CN(CC2CC2)CC3)cn1. The van der Waals surface area contributed by atoms with Gasteiger partial charge >= 0.3 is 0 Å². The Bertz CT molecular complexity index is 642. The zero-order valence-electron chi connectivity index (χ0n) is 12.5. The molecule has 1 aliphatic carbocycles. The van der Waals surface area contributed by atoms with Crippen LogP contribution in [0.4, 0.5) is 11.4 Å². The monoisotopic (exact) mass is 282 g/mol. The van der Waals surface area contributed by atoms with Crippen LogP contribution in [0.2, 0.25) is 0 Å². The van der Waals surface area contributed by atoms with Gasteiger partial charge in [0.25, 0.3) is 0 Å². The minimum Gasteiger partial charge on any atom is -0.353 e. The Kier molecular flexibility index (Phi) is 3.19. The van der Waals surface area contributed by atoms with E-state index in [1.54, 1.807) is 0 Å². The third kappa shape index (κ3) is 2.95. The first-order chi connectivity index (χ1) is 10.3. The molecule has 1 aliphatic heterocycles. The zero-order valence-corrected chi connectivity index (χ0v) is 12.5. The summed E-state index contributed by atoms with van der Waals surface area (Å²) in [5.41, 5.74) is 5.20. The van der Waals surface area contributed by atoms with E-state index in [0.29, 0.717) is 0 Å². The second kappa shape index (κ2) is 5.19. The summed E-state index contributed by atoms with van der Waals surface area (Å²) in [7, 11) is 1.94. The van der Waals surface area contributed by atoms with Crippen LogP contribution in [0.3, 0.4) is 0 Å². The second-order valence-corrected chi connectivity index (χ2v) is 6.44. The van der Waals surface area contributed by atoms with Crippen LogP contribution in [0.25, 0.3) is 0 Å². The van der Waals surface area contributed by atoms with Gasteiger partial charge in [0.15, 0.2) is 0 Å². The fraction of sp³-hybridized carbons (Fsp3) is 0.471. The molecule has 2 aromatic rings. The van der Waals surface area contributed by atoms with Crippen molar-refractivity contribution in [3.05, 3.63) is 41.7 Å². The van der Waals surface area contributed by atoms with Crippen LogP contribution in [0, 0.1) is 5.92 Å². The van der Waals surface area contributed by atoms with E-state index in [9.17, 15) is 0 Å². The highest BCUT2D eigenvalue weighted by atomic mass is 15.3. The Hall–Kier alpha value is -1.81. The van der Waals surface area contributed by atoms with Crippen LogP contribution >= 0.6 is 0 Å². The van der Waals surface area contributed by atoms with Crippen LogP contribution < -0.4 is 5.32 Å². The molecule has 0 bridgehead atoms. The lowest BCUT2D eigenvalue weighted by atomic mass is 9.99. The van der Waals surface area contributed by atoms with E-state index in [2.05, 4.69) is 33.5 Å². The highest BCUT2D eigenvalue weighted by Crippen LogP contribution is 2.32. The Morgan fingerprint density at radius 1 is 1.24 bits per heavy atom. The molecule has 21 heavy (non-hydrogen) atoms. The predicted octanol–water partition coefficient (Wildman–Crippen LogP) is 2.93. The van der Waals surface area contributed by atoms with E-state index in [0.717, 1.165) is 23.8 Å². The first-order valence-corrected chi connectivity index (χ1v) is 7.86. The summed E-state index contributed by atoms with van der Waals surface area (Å²) < 4.78 is 1.82. The van der Waals surface area contributed by atoms with Crippen molar-refractivity contribution in [2.24, 2.45) is 13.0 Å². The molecule has 0 radical (unpaired) electrons. The van der Waals surface area contributed by atoms with E-state index < -0.39 is 0 Å². The van der Waals surface area contributed by atoms with E-state index in [1.165, 1.54) is 43.5 Å². The standard InChI is InChI=1S/C17H22N4/c1-20-12-17(9-18-20)19-16-5-4-14-6-7-21(10-13-2-3-13)11-15(14)8-16/h4-5,8-9,12-13,19H,2-3,6-7,10-11H2,1H3. The van der Waals surface area contributed by atoms with E-state index in [1.807, 2.05) is 24.1 Å². The van der Waals surface area contributed by atoms with Crippen LogP contribution in [0.15, 0.2) is 30.6 Å². The lowest BCUT2D eigenvalue weighted by Crippen LogP contribution is -2.32. The van der Waals surface area contributed by atoms with Gasteiger partial charge in [0, 0.05) is 38.6 Å². The molecule has 1 fully saturated rings. The highest BCUT2D eigenvalue weighted by molar-refractivity contribution is 5.60. The van der Waals surface area contributed by atoms with Gasteiger partial charge in [0.05, 0.1) is 11.9 Å². The first-order valence-electron chi connectivity index (χ1n) is 7.86. The fourth-order valence-electron chi connectivity index (χ4n) is 3.17. The lowest BCUT2D eigenvalue weighted by Gasteiger charge is -2.29. The van der Waals surface area contributed by atoms with Crippen molar-refractivity contribution in [1.29, 1.82) is 0 Å². The normalized spacial score (nSPS) is 18.5. The third-order valence-corrected chi connectivity index (χ3v) is 4.50. The maximum atomic E-state index is 4.20. The number of hydrogen-bond donors (Lipinski definition) is 1. The summed E-state index contributed by atoms with van der Waals surface area (Å²) in [4.78, 5) is 2.62. The molecule has 1 N–H and O–H groups in total. The second-order valence-electron chi connectivity index (χ2n) is 6.44. The van der Waals surface area contributed by atoms with Gasteiger partial charge in [-0.25, -0.2) is 0 Å². The molecule has 4 nitrogen and oxygen atoms in total. The molecule has 0 unspecified atom stereocenters. The van der Waals surface area contributed by atoms with Gasteiger partial charge in [0.2, 0.25) is 0 Å². The number of benzene rings is 1. The van der Waals surface area contributed by atoms with Gasteiger partial charge < -0.3 is 5.32 Å². The minimum absolute atomic E-state index is 0.975. The number of fused-ring (bicyclic) bond motifs is 1. The topological polar surface area (TPSA) is 33.1 Å². The Morgan fingerprint density at radius 2 is 2.14 bits per heavy atom. The van der Waals surface area contributed by atoms with Crippen molar-refractivity contribution in [3.63, 3.8) is 0 Å². The van der Waals surface area contributed by atoms with Crippen molar-refractivity contribution in [3.8, 4) is 0 Å².